The Bertz CT molecular complexity index is 325. The van der Waals surface area contributed by atoms with Gasteiger partial charge in [-0.1, -0.05) is 5.16 Å². The maximum absolute atomic E-state index is 5.94. The van der Waals surface area contributed by atoms with Gasteiger partial charge in [-0.15, -0.1) is 0 Å². The van der Waals surface area contributed by atoms with Gasteiger partial charge in [-0.3, -0.25) is 0 Å². The topological polar surface area (TPSA) is 83.4 Å². The number of hydrogen-bond donors (Lipinski definition) is 1. The zero-order chi connectivity index (χ0) is 11.4. The molecule has 0 saturated heterocycles. The first kappa shape index (κ1) is 11.5. The minimum atomic E-state index is -0.0866. The lowest BCUT2D eigenvalue weighted by Gasteiger charge is -2.02. The van der Waals surface area contributed by atoms with Crippen molar-refractivity contribution in [3.8, 4) is 0 Å². The van der Waals surface area contributed by atoms with E-state index < -0.39 is 0 Å². The summed E-state index contributed by atoms with van der Waals surface area (Å²) in [6.45, 7) is 1.39. The largest absolute Gasteiger partial charge is 0.382 e. The molecule has 2 rings (SSSR count). The number of rotatable bonds is 7. The number of ether oxygens (including phenoxy) is 2. The number of hydrogen-bond acceptors (Lipinski definition) is 6. The third-order valence-corrected chi connectivity index (χ3v) is 2.57. The normalized spacial score (nSPS) is 17.6. The Morgan fingerprint density at radius 1 is 1.50 bits per heavy atom. The van der Waals surface area contributed by atoms with E-state index in [4.69, 9.17) is 19.7 Å². The fraction of sp³-hybridized carbons (Fsp3) is 0.800. The Morgan fingerprint density at radius 3 is 3.00 bits per heavy atom. The van der Waals surface area contributed by atoms with Gasteiger partial charge in [0.25, 0.3) is 5.89 Å². The molecule has 6 nitrogen and oxygen atoms in total. The molecule has 0 bridgehead atoms. The summed E-state index contributed by atoms with van der Waals surface area (Å²) in [6.07, 6.45) is 2.32. The Kier molecular flexibility index (Phi) is 3.87. The summed E-state index contributed by atoms with van der Waals surface area (Å²) in [5.74, 6) is 1.59. The van der Waals surface area contributed by atoms with E-state index in [1.54, 1.807) is 7.11 Å². The molecule has 0 spiro atoms. The molecule has 1 heterocycles. The number of nitrogens with zero attached hydrogens (tertiary/aromatic N) is 2. The molecule has 1 aromatic rings. The van der Waals surface area contributed by atoms with Crippen LogP contribution in [0.5, 0.6) is 0 Å². The third kappa shape index (κ3) is 3.01. The van der Waals surface area contributed by atoms with Gasteiger partial charge in [0, 0.05) is 7.11 Å². The van der Waals surface area contributed by atoms with Crippen molar-refractivity contribution in [1.29, 1.82) is 0 Å². The molecule has 0 aliphatic heterocycles. The highest BCUT2D eigenvalue weighted by Crippen LogP contribution is 2.38. The van der Waals surface area contributed by atoms with Gasteiger partial charge in [0.1, 0.15) is 6.61 Å². The third-order valence-electron chi connectivity index (χ3n) is 2.57. The Balaban J connectivity index is 1.77. The fourth-order valence-electron chi connectivity index (χ4n) is 1.43. The first-order chi connectivity index (χ1) is 7.81. The van der Waals surface area contributed by atoms with E-state index in [-0.39, 0.29) is 6.04 Å². The molecule has 0 amide bonds. The Labute approximate surface area is 94.1 Å². The number of methoxy groups -OCH3 is 1. The second kappa shape index (κ2) is 5.38. The van der Waals surface area contributed by atoms with Gasteiger partial charge in [-0.2, -0.15) is 4.98 Å². The highest BCUT2D eigenvalue weighted by atomic mass is 16.5. The van der Waals surface area contributed by atoms with Gasteiger partial charge in [-0.25, -0.2) is 0 Å². The molecule has 6 heteroatoms. The predicted molar refractivity (Wildman–Crippen MR) is 55.5 cm³/mol. The summed E-state index contributed by atoms with van der Waals surface area (Å²) in [7, 11) is 1.63. The molecule has 1 aromatic heterocycles. The minimum Gasteiger partial charge on any atom is -0.382 e. The van der Waals surface area contributed by atoms with Gasteiger partial charge in [0.15, 0.2) is 5.82 Å². The van der Waals surface area contributed by atoms with Gasteiger partial charge < -0.3 is 19.7 Å². The van der Waals surface area contributed by atoms with E-state index in [9.17, 15) is 0 Å². The van der Waals surface area contributed by atoms with Crippen LogP contribution in [0, 0.1) is 5.92 Å². The fourth-order valence-corrected chi connectivity index (χ4v) is 1.43. The lowest BCUT2D eigenvalue weighted by molar-refractivity contribution is 0.0494. The van der Waals surface area contributed by atoms with Gasteiger partial charge in [-0.05, 0) is 18.8 Å². The highest BCUT2D eigenvalue weighted by Gasteiger charge is 2.32. The maximum atomic E-state index is 5.94. The van der Waals surface area contributed by atoms with E-state index >= 15 is 0 Å². The van der Waals surface area contributed by atoms with Crippen LogP contribution in [0.1, 0.15) is 30.6 Å². The van der Waals surface area contributed by atoms with Crippen molar-refractivity contribution in [2.24, 2.45) is 11.7 Å². The lowest BCUT2D eigenvalue weighted by Crippen LogP contribution is -2.14. The van der Waals surface area contributed by atoms with Crippen molar-refractivity contribution in [3.63, 3.8) is 0 Å². The van der Waals surface area contributed by atoms with Crippen LogP contribution < -0.4 is 5.73 Å². The molecule has 1 saturated carbocycles. The summed E-state index contributed by atoms with van der Waals surface area (Å²) in [5, 5.41) is 3.85. The number of aromatic nitrogens is 2. The molecular formula is C10H17N3O3. The standard InChI is InChI=1S/C10H17N3O3/c1-14-4-5-15-6-8-12-10(13-16-8)9(11)7-2-3-7/h7,9H,2-6,11H2,1H3. The van der Waals surface area contributed by atoms with E-state index in [1.807, 2.05) is 0 Å². The summed E-state index contributed by atoms with van der Waals surface area (Å²) < 4.78 is 15.2. The van der Waals surface area contributed by atoms with Crippen LogP contribution in [-0.2, 0) is 16.1 Å². The second-order valence-corrected chi connectivity index (χ2v) is 3.95. The van der Waals surface area contributed by atoms with Crippen molar-refractivity contribution in [3.05, 3.63) is 11.7 Å². The van der Waals surface area contributed by atoms with E-state index in [1.165, 1.54) is 0 Å². The zero-order valence-corrected chi connectivity index (χ0v) is 9.39. The average Bonchev–Trinajstić information content (AvgIpc) is 3.03. The summed E-state index contributed by atoms with van der Waals surface area (Å²) in [6, 6.07) is -0.0866. The van der Waals surface area contributed by atoms with Crippen molar-refractivity contribution < 1.29 is 14.0 Å². The first-order valence-electron chi connectivity index (χ1n) is 5.46. The van der Waals surface area contributed by atoms with Crippen LogP contribution >= 0.6 is 0 Å². The minimum absolute atomic E-state index is 0.0866. The van der Waals surface area contributed by atoms with E-state index in [2.05, 4.69) is 10.1 Å². The molecule has 2 N–H and O–H groups in total. The average molecular weight is 227 g/mol. The molecule has 1 atom stereocenters. The smallest absolute Gasteiger partial charge is 0.252 e. The maximum Gasteiger partial charge on any atom is 0.252 e. The van der Waals surface area contributed by atoms with Crippen molar-refractivity contribution in [2.75, 3.05) is 20.3 Å². The van der Waals surface area contributed by atoms with Crippen LogP contribution in [0.25, 0.3) is 0 Å². The Morgan fingerprint density at radius 2 is 2.31 bits per heavy atom. The summed E-state index contributed by atoms with van der Waals surface area (Å²) >= 11 is 0. The molecule has 90 valence electrons. The van der Waals surface area contributed by atoms with Crippen LogP contribution in [-0.4, -0.2) is 30.5 Å². The molecule has 1 aliphatic rings. The molecule has 0 radical (unpaired) electrons. The molecular weight excluding hydrogens is 210 g/mol. The predicted octanol–water partition coefficient (Wildman–Crippen LogP) is 0.642. The number of nitrogens with two attached hydrogens (primary N) is 1. The molecule has 1 fully saturated rings. The molecule has 1 aliphatic carbocycles. The van der Waals surface area contributed by atoms with Crippen LogP contribution in [0.3, 0.4) is 0 Å². The van der Waals surface area contributed by atoms with Crippen molar-refractivity contribution in [1.82, 2.24) is 10.1 Å². The van der Waals surface area contributed by atoms with Crippen LogP contribution in [0.4, 0.5) is 0 Å². The van der Waals surface area contributed by atoms with E-state index in [0.29, 0.717) is 37.5 Å². The first-order valence-corrected chi connectivity index (χ1v) is 5.46. The van der Waals surface area contributed by atoms with Gasteiger partial charge in [0.2, 0.25) is 0 Å². The van der Waals surface area contributed by atoms with Gasteiger partial charge in [0.05, 0.1) is 19.3 Å². The quantitative estimate of drug-likeness (QED) is 0.688. The summed E-state index contributed by atoms with van der Waals surface area (Å²) in [5.41, 5.74) is 5.94. The SMILES string of the molecule is COCCOCc1nc(C(N)C2CC2)no1. The van der Waals surface area contributed by atoms with Crippen LogP contribution in [0.2, 0.25) is 0 Å². The monoisotopic (exact) mass is 227 g/mol. The zero-order valence-electron chi connectivity index (χ0n) is 9.39. The van der Waals surface area contributed by atoms with Crippen molar-refractivity contribution >= 4 is 0 Å². The van der Waals surface area contributed by atoms with E-state index in [0.717, 1.165) is 12.8 Å². The summed E-state index contributed by atoms with van der Waals surface area (Å²) in [4.78, 5) is 4.20. The molecule has 16 heavy (non-hydrogen) atoms. The Hall–Kier alpha value is -0.980. The molecule has 1 unspecified atom stereocenters. The van der Waals surface area contributed by atoms with Crippen molar-refractivity contribution in [2.45, 2.75) is 25.5 Å². The van der Waals surface area contributed by atoms with Gasteiger partial charge >= 0.3 is 0 Å². The van der Waals surface area contributed by atoms with Crippen LogP contribution in [0.15, 0.2) is 4.52 Å². The highest BCUT2D eigenvalue weighted by molar-refractivity contribution is 4.99. The lowest BCUT2D eigenvalue weighted by atomic mass is 10.2. The second-order valence-electron chi connectivity index (χ2n) is 3.95. The molecule has 0 aromatic carbocycles.